The van der Waals surface area contributed by atoms with Crippen molar-refractivity contribution in [3.05, 3.63) is 76.1 Å². The van der Waals surface area contributed by atoms with Crippen molar-refractivity contribution in [1.29, 1.82) is 0 Å². The van der Waals surface area contributed by atoms with Gasteiger partial charge in [0.2, 0.25) is 11.1 Å². The number of non-ortho nitro benzene ring substituents is 1. The lowest BCUT2D eigenvalue weighted by Gasteiger charge is -2.36. The Labute approximate surface area is 218 Å². The van der Waals surface area contributed by atoms with Crippen LogP contribution in [0.2, 0.25) is 0 Å². The number of carbonyl (C=O) groups excluding carboxylic acids is 2. The Morgan fingerprint density at radius 2 is 1.84 bits per heavy atom. The summed E-state index contributed by atoms with van der Waals surface area (Å²) in [7, 11) is 0. The zero-order valence-corrected chi connectivity index (χ0v) is 21.5. The van der Waals surface area contributed by atoms with Crippen LogP contribution < -0.4 is 10.2 Å². The van der Waals surface area contributed by atoms with Crippen molar-refractivity contribution < 1.29 is 14.5 Å². The number of H-pyrrole nitrogens is 1. The molecule has 2 aromatic carbocycles. The monoisotopic (exact) mass is 523 g/mol. The lowest BCUT2D eigenvalue weighted by molar-refractivity contribution is -0.384. The Bertz CT molecular complexity index is 1240. The summed E-state index contributed by atoms with van der Waals surface area (Å²) in [5.74, 6) is 0.229. The number of hydrogen-bond acceptors (Lipinski definition) is 8. The SMILES string of the molecule is CC(C)[C@@H](NC(=O)c1cccc([N+](=O)[O-])c1)c1nc(SCC(=O)N2CCN(c3ccccc3)CC2)n[nH]1. The van der Waals surface area contributed by atoms with Crippen molar-refractivity contribution in [3.63, 3.8) is 0 Å². The first-order valence-corrected chi connectivity index (χ1v) is 13.0. The van der Waals surface area contributed by atoms with E-state index in [-0.39, 0.29) is 28.8 Å². The predicted molar refractivity (Wildman–Crippen MR) is 140 cm³/mol. The minimum Gasteiger partial charge on any atom is -0.368 e. The highest BCUT2D eigenvalue weighted by atomic mass is 32.2. The number of anilines is 1. The van der Waals surface area contributed by atoms with Gasteiger partial charge in [0, 0.05) is 49.6 Å². The van der Waals surface area contributed by atoms with E-state index >= 15 is 0 Å². The quantitative estimate of drug-likeness (QED) is 0.248. The minimum atomic E-state index is -0.541. The molecule has 1 aromatic heterocycles. The molecule has 2 amide bonds. The summed E-state index contributed by atoms with van der Waals surface area (Å²) in [5, 5.41) is 21.4. The summed E-state index contributed by atoms with van der Waals surface area (Å²) in [5.41, 5.74) is 1.19. The molecule has 2 heterocycles. The molecule has 0 bridgehead atoms. The van der Waals surface area contributed by atoms with Crippen molar-refractivity contribution in [1.82, 2.24) is 25.4 Å². The molecule has 0 spiro atoms. The number of aromatic amines is 1. The lowest BCUT2D eigenvalue weighted by Crippen LogP contribution is -2.49. The fraction of sp³-hybridized carbons (Fsp3) is 0.360. The van der Waals surface area contributed by atoms with E-state index in [1.165, 1.54) is 36.0 Å². The van der Waals surface area contributed by atoms with Crippen LogP contribution in [-0.4, -0.2) is 68.8 Å². The highest BCUT2D eigenvalue weighted by molar-refractivity contribution is 7.99. The van der Waals surface area contributed by atoms with Gasteiger partial charge in [-0.1, -0.05) is 49.9 Å². The maximum atomic E-state index is 12.8. The van der Waals surface area contributed by atoms with Crippen LogP contribution in [0.15, 0.2) is 59.8 Å². The van der Waals surface area contributed by atoms with E-state index < -0.39 is 16.9 Å². The largest absolute Gasteiger partial charge is 0.368 e. The Morgan fingerprint density at radius 1 is 1.11 bits per heavy atom. The number of nitro groups is 1. The number of piperazine rings is 1. The number of aromatic nitrogens is 3. The van der Waals surface area contributed by atoms with Crippen LogP contribution in [0.1, 0.15) is 36.1 Å². The fourth-order valence-electron chi connectivity index (χ4n) is 4.07. The molecule has 1 aliphatic heterocycles. The van der Waals surface area contributed by atoms with Gasteiger partial charge in [-0.15, -0.1) is 5.10 Å². The number of nitro benzene ring substituents is 1. The van der Waals surface area contributed by atoms with Gasteiger partial charge in [-0.05, 0) is 24.1 Å². The molecular weight excluding hydrogens is 494 g/mol. The smallest absolute Gasteiger partial charge is 0.270 e. The van der Waals surface area contributed by atoms with E-state index in [0.29, 0.717) is 24.1 Å². The molecule has 2 N–H and O–H groups in total. The average Bonchev–Trinajstić information content (AvgIpc) is 3.39. The van der Waals surface area contributed by atoms with Crippen LogP contribution in [-0.2, 0) is 4.79 Å². The van der Waals surface area contributed by atoms with Crippen LogP contribution in [0.5, 0.6) is 0 Å². The van der Waals surface area contributed by atoms with Gasteiger partial charge in [0.05, 0.1) is 16.7 Å². The molecule has 1 saturated heterocycles. The number of thioether (sulfide) groups is 1. The number of carbonyl (C=O) groups is 2. The number of hydrogen-bond donors (Lipinski definition) is 2. The molecule has 11 nitrogen and oxygen atoms in total. The van der Waals surface area contributed by atoms with Crippen LogP contribution >= 0.6 is 11.8 Å². The Balaban J connectivity index is 1.31. The summed E-state index contributed by atoms with van der Waals surface area (Å²) in [6.07, 6.45) is 0. The first-order chi connectivity index (χ1) is 17.8. The topological polar surface area (TPSA) is 137 Å². The van der Waals surface area contributed by atoms with Gasteiger partial charge < -0.3 is 15.1 Å². The lowest BCUT2D eigenvalue weighted by atomic mass is 10.0. The molecule has 0 saturated carbocycles. The summed E-state index contributed by atoms with van der Waals surface area (Å²) >= 11 is 1.24. The number of nitrogens with one attached hydrogen (secondary N) is 2. The van der Waals surface area contributed by atoms with Crippen molar-refractivity contribution in [2.45, 2.75) is 25.0 Å². The van der Waals surface area contributed by atoms with Gasteiger partial charge in [-0.2, -0.15) is 0 Å². The van der Waals surface area contributed by atoms with Gasteiger partial charge in [0.15, 0.2) is 0 Å². The summed E-state index contributed by atoms with van der Waals surface area (Å²) < 4.78 is 0. The summed E-state index contributed by atoms with van der Waals surface area (Å²) in [6, 6.07) is 15.2. The third-order valence-corrected chi connectivity index (χ3v) is 6.96. The molecule has 1 fully saturated rings. The summed E-state index contributed by atoms with van der Waals surface area (Å²) in [4.78, 5) is 44.6. The van der Waals surface area contributed by atoms with E-state index in [9.17, 15) is 19.7 Å². The van der Waals surface area contributed by atoms with E-state index in [1.54, 1.807) is 0 Å². The second-order valence-corrected chi connectivity index (χ2v) is 9.94. The molecule has 1 atom stereocenters. The van der Waals surface area contributed by atoms with Gasteiger partial charge in [-0.3, -0.25) is 24.8 Å². The molecule has 4 rings (SSSR count). The molecule has 0 aliphatic carbocycles. The first-order valence-electron chi connectivity index (χ1n) is 12.0. The van der Waals surface area contributed by atoms with Gasteiger partial charge in [0.25, 0.3) is 11.6 Å². The van der Waals surface area contributed by atoms with Crippen LogP contribution in [0.3, 0.4) is 0 Å². The molecule has 3 aromatic rings. The van der Waals surface area contributed by atoms with E-state index in [4.69, 9.17) is 0 Å². The normalized spacial score (nSPS) is 14.5. The molecule has 1 aliphatic rings. The predicted octanol–water partition coefficient (Wildman–Crippen LogP) is 3.28. The first kappa shape index (κ1) is 26.1. The van der Waals surface area contributed by atoms with E-state index in [2.05, 4.69) is 37.5 Å². The number of nitrogens with zero attached hydrogens (tertiary/aromatic N) is 5. The molecule has 12 heteroatoms. The highest BCUT2D eigenvalue weighted by Gasteiger charge is 2.25. The second-order valence-electron chi connectivity index (χ2n) is 9.00. The van der Waals surface area contributed by atoms with Crippen molar-refractivity contribution in [2.75, 3.05) is 36.8 Å². The Hall–Kier alpha value is -3.93. The van der Waals surface area contributed by atoms with Gasteiger partial charge in [0.1, 0.15) is 5.82 Å². The number of benzene rings is 2. The fourth-order valence-corrected chi connectivity index (χ4v) is 4.78. The third kappa shape index (κ3) is 6.64. The van der Waals surface area contributed by atoms with Crippen molar-refractivity contribution in [2.24, 2.45) is 5.92 Å². The zero-order valence-electron chi connectivity index (χ0n) is 20.7. The molecule has 194 valence electrons. The van der Waals surface area contributed by atoms with Crippen LogP contribution in [0.25, 0.3) is 0 Å². The molecule has 37 heavy (non-hydrogen) atoms. The van der Waals surface area contributed by atoms with Gasteiger partial charge in [-0.25, -0.2) is 4.98 Å². The van der Waals surface area contributed by atoms with E-state index in [1.807, 2.05) is 36.9 Å². The average molecular weight is 524 g/mol. The zero-order chi connectivity index (χ0) is 26.4. The number of amides is 2. The van der Waals surface area contributed by atoms with Gasteiger partial charge >= 0.3 is 0 Å². The third-order valence-electron chi connectivity index (χ3n) is 6.13. The Morgan fingerprint density at radius 3 is 2.51 bits per heavy atom. The standard InChI is InChI=1S/C25H29N7O4S/c1-17(2)22(26-24(34)18-7-6-10-20(15-18)32(35)36)23-27-25(29-28-23)37-16-21(33)31-13-11-30(12-14-31)19-8-4-3-5-9-19/h3-10,15,17,22H,11-14,16H2,1-2H3,(H,26,34)(H,27,28,29)/t22-/m1/s1. The summed E-state index contributed by atoms with van der Waals surface area (Å²) in [6.45, 7) is 6.73. The maximum absolute atomic E-state index is 12.8. The number of para-hydroxylation sites is 1. The molecular formula is C25H29N7O4S. The van der Waals surface area contributed by atoms with Crippen LogP contribution in [0.4, 0.5) is 11.4 Å². The van der Waals surface area contributed by atoms with Crippen LogP contribution in [0, 0.1) is 16.0 Å². The second kappa shape index (κ2) is 11.9. The minimum absolute atomic E-state index is 0.0310. The molecule has 0 unspecified atom stereocenters. The number of rotatable bonds is 9. The molecule has 0 radical (unpaired) electrons. The van der Waals surface area contributed by atoms with Crippen molar-refractivity contribution >= 4 is 35.0 Å². The maximum Gasteiger partial charge on any atom is 0.270 e. The van der Waals surface area contributed by atoms with Crippen molar-refractivity contribution in [3.8, 4) is 0 Å². The highest BCUT2D eigenvalue weighted by Crippen LogP contribution is 2.23. The van der Waals surface area contributed by atoms with E-state index in [0.717, 1.165) is 18.8 Å². The Kier molecular flexibility index (Phi) is 8.39.